The van der Waals surface area contributed by atoms with Crippen LogP contribution >= 0.6 is 0 Å². The summed E-state index contributed by atoms with van der Waals surface area (Å²) >= 11 is 0. The molecule has 3 aliphatic rings. The molecule has 6 nitrogen and oxygen atoms in total. The van der Waals surface area contributed by atoms with Crippen molar-refractivity contribution >= 4 is 0 Å². The van der Waals surface area contributed by atoms with Crippen molar-refractivity contribution in [1.82, 2.24) is 14.9 Å². The van der Waals surface area contributed by atoms with E-state index in [1.54, 1.807) is 12.4 Å². The maximum absolute atomic E-state index is 13.3. The van der Waals surface area contributed by atoms with Gasteiger partial charge in [0.05, 0.1) is 18.8 Å². The van der Waals surface area contributed by atoms with Crippen molar-refractivity contribution in [2.75, 3.05) is 6.61 Å². The van der Waals surface area contributed by atoms with Gasteiger partial charge in [-0.05, 0) is 19.8 Å². The number of halogens is 2. The summed E-state index contributed by atoms with van der Waals surface area (Å²) in [5.74, 6) is -1.79. The average Bonchev–Trinajstić information content (AvgIpc) is 3.14. The Balaban J connectivity index is 1.50. The van der Waals surface area contributed by atoms with Crippen LogP contribution in [0.25, 0.3) is 0 Å². The zero-order chi connectivity index (χ0) is 16.9. The van der Waals surface area contributed by atoms with Crippen molar-refractivity contribution in [3.8, 4) is 0 Å². The molecule has 134 valence electrons. The van der Waals surface area contributed by atoms with E-state index in [1.165, 1.54) is 0 Å². The summed E-state index contributed by atoms with van der Waals surface area (Å²) in [6.07, 6.45) is 2.57. The van der Waals surface area contributed by atoms with Gasteiger partial charge in [-0.2, -0.15) is 0 Å². The first-order valence-corrected chi connectivity index (χ1v) is 8.53. The van der Waals surface area contributed by atoms with Crippen molar-refractivity contribution in [3.05, 3.63) is 18.2 Å². The van der Waals surface area contributed by atoms with Crippen LogP contribution in [0.3, 0.4) is 0 Å². The molecule has 24 heavy (non-hydrogen) atoms. The summed E-state index contributed by atoms with van der Waals surface area (Å²) in [5.41, 5.74) is 0. The highest BCUT2D eigenvalue weighted by atomic mass is 19.3. The topological polar surface area (TPSA) is 68.5 Å². The molecule has 0 spiro atoms. The second-order valence-corrected chi connectivity index (χ2v) is 7.06. The number of aliphatic hydroxyl groups is 1. The number of aliphatic hydroxyl groups excluding tert-OH is 1. The number of fused-ring (bicyclic) bond motifs is 2. The van der Waals surface area contributed by atoms with Gasteiger partial charge in [0.1, 0.15) is 18.0 Å². The molecule has 0 radical (unpaired) electrons. The van der Waals surface area contributed by atoms with Gasteiger partial charge in [0, 0.05) is 31.3 Å². The minimum absolute atomic E-state index is 0.0328. The summed E-state index contributed by atoms with van der Waals surface area (Å²) in [6, 6.07) is -0.768. The number of aromatic nitrogens is 2. The second kappa shape index (κ2) is 6.01. The number of ether oxygens (including phenoxy) is 2. The van der Waals surface area contributed by atoms with Gasteiger partial charge in [-0.1, -0.05) is 0 Å². The lowest BCUT2D eigenvalue weighted by Gasteiger charge is -2.42. The predicted octanol–water partition coefficient (Wildman–Crippen LogP) is 1.38. The van der Waals surface area contributed by atoms with Gasteiger partial charge in [-0.15, -0.1) is 0 Å². The highest BCUT2D eigenvalue weighted by Crippen LogP contribution is 2.38. The zero-order valence-corrected chi connectivity index (χ0v) is 13.6. The van der Waals surface area contributed by atoms with Crippen LogP contribution < -0.4 is 5.32 Å². The molecule has 2 N–H and O–H groups in total. The average molecular weight is 343 g/mol. The summed E-state index contributed by atoms with van der Waals surface area (Å²) in [6.45, 7) is 2.26. The molecule has 2 saturated heterocycles. The first-order chi connectivity index (χ1) is 11.4. The number of hydrogen-bond acceptors (Lipinski definition) is 5. The Morgan fingerprint density at radius 2 is 2.12 bits per heavy atom. The molecule has 8 heteroatoms. The number of hydrogen-bond donors (Lipinski definition) is 2. The molecule has 2 bridgehead atoms. The zero-order valence-electron chi connectivity index (χ0n) is 13.6. The molecule has 0 amide bonds. The van der Waals surface area contributed by atoms with Gasteiger partial charge in [0.25, 0.3) is 0 Å². The van der Waals surface area contributed by atoms with E-state index in [1.807, 2.05) is 11.5 Å². The Labute approximate surface area is 139 Å². The summed E-state index contributed by atoms with van der Waals surface area (Å²) in [4.78, 5) is 4.20. The minimum Gasteiger partial charge on any atom is -0.389 e. The Kier molecular flexibility index (Phi) is 4.11. The molecule has 1 saturated carbocycles. The summed E-state index contributed by atoms with van der Waals surface area (Å²) < 4.78 is 40.2. The Morgan fingerprint density at radius 3 is 2.79 bits per heavy atom. The summed E-state index contributed by atoms with van der Waals surface area (Å²) in [5, 5.41) is 14.3. The monoisotopic (exact) mass is 343 g/mol. The van der Waals surface area contributed by atoms with Crippen LogP contribution in [0.5, 0.6) is 0 Å². The molecule has 1 aliphatic carbocycles. The molecule has 3 fully saturated rings. The van der Waals surface area contributed by atoms with Crippen LogP contribution in [0.2, 0.25) is 0 Å². The molecular weight excluding hydrogens is 320 g/mol. The number of nitrogens with one attached hydrogen (secondary N) is 1. The molecule has 1 aromatic rings. The number of alkyl halides is 2. The van der Waals surface area contributed by atoms with Crippen LogP contribution in [-0.4, -0.2) is 57.8 Å². The number of rotatable bonds is 3. The van der Waals surface area contributed by atoms with Crippen molar-refractivity contribution < 1.29 is 23.4 Å². The molecule has 0 aromatic carbocycles. The Bertz CT molecular complexity index is 587. The van der Waals surface area contributed by atoms with Gasteiger partial charge in [-0.25, -0.2) is 13.8 Å². The molecule has 1 aromatic heterocycles. The normalized spacial score (nSPS) is 39.2. The van der Waals surface area contributed by atoms with Gasteiger partial charge >= 0.3 is 0 Å². The molecular formula is C16H23F2N3O3. The van der Waals surface area contributed by atoms with Gasteiger partial charge in [0.15, 0.2) is 6.29 Å². The lowest BCUT2D eigenvalue weighted by molar-refractivity contribution is -0.167. The van der Waals surface area contributed by atoms with E-state index in [4.69, 9.17) is 9.47 Å². The van der Waals surface area contributed by atoms with Crippen LogP contribution in [0.1, 0.15) is 37.5 Å². The SMILES string of the molecule is Cc1nccn1[C@H]1[C@@H]2OC[C@@H](O2)[C@@H](NC2CCC(F)(F)CC2)[C@@H]1O. The quantitative estimate of drug-likeness (QED) is 0.868. The lowest BCUT2D eigenvalue weighted by atomic mass is 9.89. The van der Waals surface area contributed by atoms with E-state index >= 15 is 0 Å². The fourth-order valence-electron chi connectivity index (χ4n) is 4.08. The fraction of sp³-hybridized carbons (Fsp3) is 0.812. The van der Waals surface area contributed by atoms with Crippen LogP contribution in [-0.2, 0) is 9.47 Å². The minimum atomic E-state index is -2.56. The first-order valence-electron chi connectivity index (χ1n) is 8.53. The molecule has 5 atom stereocenters. The van der Waals surface area contributed by atoms with Crippen molar-refractivity contribution in [2.24, 2.45) is 0 Å². The maximum Gasteiger partial charge on any atom is 0.248 e. The molecule has 2 aliphatic heterocycles. The standard InChI is InChI=1S/C16H23F2N3O3/c1-9-19-6-7-21(9)13-14(22)12(11-8-23-15(13)24-11)20-10-2-4-16(17,18)5-3-10/h6-7,10-15,20,22H,2-5,8H2,1H3/t11-,12-,13-,14+,15-/m1/s1. The van der Waals surface area contributed by atoms with E-state index in [9.17, 15) is 13.9 Å². The number of nitrogens with zero attached hydrogens (tertiary/aromatic N) is 2. The highest BCUT2D eigenvalue weighted by molar-refractivity contribution is 5.05. The van der Waals surface area contributed by atoms with E-state index in [0.29, 0.717) is 19.4 Å². The van der Waals surface area contributed by atoms with E-state index in [2.05, 4.69) is 10.3 Å². The van der Waals surface area contributed by atoms with Crippen molar-refractivity contribution in [2.45, 2.75) is 75.2 Å². The first kappa shape index (κ1) is 16.4. The van der Waals surface area contributed by atoms with E-state index in [0.717, 1.165) is 5.82 Å². The Morgan fingerprint density at radius 1 is 1.38 bits per heavy atom. The third kappa shape index (κ3) is 2.85. The van der Waals surface area contributed by atoms with Gasteiger partial charge < -0.3 is 24.5 Å². The van der Waals surface area contributed by atoms with Crippen LogP contribution in [0.4, 0.5) is 8.78 Å². The molecule has 3 heterocycles. The smallest absolute Gasteiger partial charge is 0.248 e. The largest absolute Gasteiger partial charge is 0.389 e. The van der Waals surface area contributed by atoms with Crippen molar-refractivity contribution in [1.29, 1.82) is 0 Å². The third-order valence-corrected chi connectivity index (χ3v) is 5.46. The number of imidazole rings is 1. The van der Waals surface area contributed by atoms with Gasteiger partial charge in [-0.3, -0.25) is 0 Å². The van der Waals surface area contributed by atoms with Crippen molar-refractivity contribution in [3.63, 3.8) is 0 Å². The third-order valence-electron chi connectivity index (χ3n) is 5.46. The van der Waals surface area contributed by atoms with Gasteiger partial charge in [0.2, 0.25) is 5.92 Å². The Hall–Kier alpha value is -1.09. The lowest BCUT2D eigenvalue weighted by Crippen LogP contribution is -2.60. The predicted molar refractivity (Wildman–Crippen MR) is 80.7 cm³/mol. The summed E-state index contributed by atoms with van der Waals surface area (Å²) in [7, 11) is 0. The fourth-order valence-corrected chi connectivity index (χ4v) is 4.08. The molecule has 4 rings (SSSR count). The highest BCUT2D eigenvalue weighted by Gasteiger charge is 2.51. The molecule has 0 unspecified atom stereocenters. The second-order valence-electron chi connectivity index (χ2n) is 7.06. The van der Waals surface area contributed by atoms with E-state index in [-0.39, 0.29) is 31.0 Å². The van der Waals surface area contributed by atoms with Crippen LogP contribution in [0, 0.1) is 6.92 Å². The van der Waals surface area contributed by atoms with Crippen LogP contribution in [0.15, 0.2) is 12.4 Å². The maximum atomic E-state index is 13.3. The number of aryl methyl sites for hydroxylation is 1. The van der Waals surface area contributed by atoms with E-state index < -0.39 is 24.4 Å².